The number of carbonyl (C=O) groups is 1. The van der Waals surface area contributed by atoms with Gasteiger partial charge >= 0.3 is 6.09 Å². The summed E-state index contributed by atoms with van der Waals surface area (Å²) in [7, 11) is 1.52. The summed E-state index contributed by atoms with van der Waals surface area (Å²) in [4.78, 5) is 10.8. The third-order valence-electron chi connectivity index (χ3n) is 2.02. The van der Waals surface area contributed by atoms with Crippen LogP contribution in [0.3, 0.4) is 0 Å². The molecule has 0 radical (unpaired) electrons. The van der Waals surface area contributed by atoms with Crippen LogP contribution >= 0.6 is 15.9 Å². The molecule has 5 nitrogen and oxygen atoms in total. The van der Waals surface area contributed by atoms with Gasteiger partial charge in [0.05, 0.1) is 23.3 Å². The Morgan fingerprint density at radius 3 is 2.93 bits per heavy atom. The van der Waals surface area contributed by atoms with Gasteiger partial charge in [-0.15, -0.1) is 0 Å². The topological polar surface area (TPSA) is 64.4 Å². The van der Waals surface area contributed by atoms with Gasteiger partial charge in [0.2, 0.25) is 0 Å². The molecular weight excluding hydrogens is 264 g/mol. The lowest BCUT2D eigenvalue weighted by Gasteiger charge is -2.03. The second-order valence-corrected chi connectivity index (χ2v) is 3.74. The summed E-state index contributed by atoms with van der Waals surface area (Å²) >= 11 is 3.31. The van der Waals surface area contributed by atoms with Gasteiger partial charge < -0.3 is 9.84 Å². The Morgan fingerprint density at radius 2 is 2.33 bits per heavy atom. The summed E-state index contributed by atoms with van der Waals surface area (Å²) in [5, 5.41) is 13.3. The first-order valence-electron chi connectivity index (χ1n) is 4.08. The molecule has 0 spiro atoms. The summed E-state index contributed by atoms with van der Waals surface area (Å²) in [6.07, 6.45) is 0.377. The quantitative estimate of drug-likeness (QED) is 0.864. The van der Waals surface area contributed by atoms with E-state index in [1.165, 1.54) is 13.3 Å². The van der Waals surface area contributed by atoms with Crippen LogP contribution in [0.1, 0.15) is 0 Å². The molecule has 0 aliphatic heterocycles. The molecular formula is C9H7BrN2O3. The minimum atomic E-state index is -1.12. The van der Waals surface area contributed by atoms with Crippen molar-refractivity contribution in [3.63, 3.8) is 0 Å². The molecule has 1 aromatic heterocycles. The van der Waals surface area contributed by atoms with E-state index in [4.69, 9.17) is 9.84 Å². The molecule has 1 aromatic carbocycles. The van der Waals surface area contributed by atoms with Gasteiger partial charge in [-0.1, -0.05) is 0 Å². The van der Waals surface area contributed by atoms with E-state index < -0.39 is 6.09 Å². The number of benzene rings is 1. The van der Waals surface area contributed by atoms with Crippen molar-refractivity contribution in [3.05, 3.63) is 22.8 Å². The summed E-state index contributed by atoms with van der Waals surface area (Å²) in [6, 6.07) is 3.39. The first-order chi connectivity index (χ1) is 7.13. The number of rotatable bonds is 1. The minimum absolute atomic E-state index is 0.502. The Labute approximate surface area is 93.4 Å². The van der Waals surface area contributed by atoms with Crippen LogP contribution in [0.25, 0.3) is 10.9 Å². The fourth-order valence-corrected chi connectivity index (χ4v) is 1.86. The van der Waals surface area contributed by atoms with Crippen molar-refractivity contribution in [2.75, 3.05) is 7.11 Å². The molecule has 6 heteroatoms. The molecule has 0 bridgehead atoms. The smallest absolute Gasteiger partial charge is 0.432 e. The Balaban J connectivity index is 2.74. The summed E-state index contributed by atoms with van der Waals surface area (Å²) in [6.45, 7) is 0. The van der Waals surface area contributed by atoms with Crippen LogP contribution in [-0.2, 0) is 0 Å². The van der Waals surface area contributed by atoms with Crippen LogP contribution in [-0.4, -0.2) is 28.1 Å². The van der Waals surface area contributed by atoms with Crippen molar-refractivity contribution in [3.8, 4) is 5.75 Å². The molecule has 1 heterocycles. The lowest BCUT2D eigenvalue weighted by molar-refractivity contribution is 0.194. The van der Waals surface area contributed by atoms with E-state index in [0.717, 1.165) is 14.5 Å². The summed E-state index contributed by atoms with van der Waals surface area (Å²) in [5.74, 6) is 0.575. The number of halogens is 1. The highest BCUT2D eigenvalue weighted by molar-refractivity contribution is 9.10. The van der Waals surface area contributed by atoms with Gasteiger partial charge in [0.25, 0.3) is 0 Å². The van der Waals surface area contributed by atoms with Crippen LogP contribution in [0.5, 0.6) is 5.75 Å². The second kappa shape index (κ2) is 3.54. The molecule has 2 rings (SSSR count). The number of ether oxygens (including phenoxy) is 1. The van der Waals surface area contributed by atoms with Crippen LogP contribution in [0.4, 0.5) is 4.79 Å². The van der Waals surface area contributed by atoms with Crippen LogP contribution in [0.2, 0.25) is 0 Å². The number of methoxy groups -OCH3 is 1. The standard InChI is InChI=1S/C9H7BrN2O3/c1-15-8-3-7-5(2-6(8)10)4-11-12(7)9(13)14/h2-4H,1H3,(H,13,14). The maximum atomic E-state index is 10.8. The Bertz CT molecular complexity index is 535. The van der Waals surface area contributed by atoms with E-state index in [0.29, 0.717) is 11.3 Å². The van der Waals surface area contributed by atoms with E-state index >= 15 is 0 Å². The largest absolute Gasteiger partial charge is 0.495 e. The monoisotopic (exact) mass is 270 g/mol. The zero-order valence-electron chi connectivity index (χ0n) is 7.77. The SMILES string of the molecule is COc1cc2c(cnn2C(=O)O)cc1Br. The summed E-state index contributed by atoms with van der Waals surface area (Å²) in [5.41, 5.74) is 0.502. The van der Waals surface area contributed by atoms with E-state index in [1.807, 2.05) is 0 Å². The molecule has 0 saturated carbocycles. The number of carboxylic acid groups (broad SMARTS) is 1. The van der Waals surface area contributed by atoms with Gasteiger partial charge in [0, 0.05) is 11.5 Å². The minimum Gasteiger partial charge on any atom is -0.495 e. The third kappa shape index (κ3) is 1.56. The van der Waals surface area contributed by atoms with Gasteiger partial charge in [-0.3, -0.25) is 0 Å². The van der Waals surface area contributed by atoms with Gasteiger partial charge in [-0.25, -0.2) is 4.79 Å². The van der Waals surface area contributed by atoms with Crippen molar-refractivity contribution >= 4 is 32.9 Å². The molecule has 2 aromatic rings. The number of hydrogen-bond acceptors (Lipinski definition) is 3. The number of hydrogen-bond donors (Lipinski definition) is 1. The van der Waals surface area contributed by atoms with Crippen LogP contribution in [0, 0.1) is 0 Å². The molecule has 0 atom stereocenters. The first kappa shape index (κ1) is 9.97. The predicted octanol–water partition coefficient (Wildman–Crippen LogP) is 2.33. The average molecular weight is 271 g/mol. The molecule has 15 heavy (non-hydrogen) atoms. The van der Waals surface area contributed by atoms with E-state index in [-0.39, 0.29) is 0 Å². The van der Waals surface area contributed by atoms with Crippen molar-refractivity contribution < 1.29 is 14.6 Å². The zero-order valence-corrected chi connectivity index (χ0v) is 9.35. The van der Waals surface area contributed by atoms with Gasteiger partial charge in [0.15, 0.2) is 0 Å². The summed E-state index contributed by atoms with van der Waals surface area (Å²) < 4.78 is 6.75. The Morgan fingerprint density at radius 1 is 1.60 bits per heavy atom. The first-order valence-corrected chi connectivity index (χ1v) is 4.87. The number of fused-ring (bicyclic) bond motifs is 1. The van der Waals surface area contributed by atoms with Crippen molar-refractivity contribution in [1.82, 2.24) is 9.78 Å². The molecule has 0 amide bonds. The zero-order chi connectivity index (χ0) is 11.0. The van der Waals surface area contributed by atoms with E-state index in [1.54, 1.807) is 12.1 Å². The van der Waals surface area contributed by atoms with E-state index in [2.05, 4.69) is 21.0 Å². The third-order valence-corrected chi connectivity index (χ3v) is 2.64. The van der Waals surface area contributed by atoms with Crippen LogP contribution < -0.4 is 4.74 Å². The fraction of sp³-hybridized carbons (Fsp3) is 0.111. The van der Waals surface area contributed by atoms with Crippen LogP contribution in [0.15, 0.2) is 22.8 Å². The second-order valence-electron chi connectivity index (χ2n) is 2.88. The highest BCUT2D eigenvalue weighted by atomic mass is 79.9. The number of aromatic nitrogens is 2. The highest BCUT2D eigenvalue weighted by Gasteiger charge is 2.11. The number of nitrogens with zero attached hydrogens (tertiary/aromatic N) is 2. The van der Waals surface area contributed by atoms with Crippen molar-refractivity contribution in [1.29, 1.82) is 0 Å². The molecule has 0 saturated heterocycles. The average Bonchev–Trinajstić information content (AvgIpc) is 2.59. The van der Waals surface area contributed by atoms with Gasteiger partial charge in [0.1, 0.15) is 5.75 Å². The van der Waals surface area contributed by atoms with Gasteiger partial charge in [-0.2, -0.15) is 9.78 Å². The maximum Gasteiger partial charge on any atom is 0.432 e. The molecule has 0 aliphatic carbocycles. The predicted molar refractivity (Wildman–Crippen MR) is 57.4 cm³/mol. The lowest BCUT2D eigenvalue weighted by atomic mass is 10.2. The normalized spacial score (nSPS) is 10.5. The lowest BCUT2D eigenvalue weighted by Crippen LogP contribution is -2.08. The van der Waals surface area contributed by atoms with Gasteiger partial charge in [-0.05, 0) is 22.0 Å². The molecule has 78 valence electrons. The molecule has 0 unspecified atom stereocenters. The Kier molecular flexibility index (Phi) is 2.36. The molecule has 0 aliphatic rings. The maximum absolute atomic E-state index is 10.8. The highest BCUT2D eigenvalue weighted by Crippen LogP contribution is 2.29. The fourth-order valence-electron chi connectivity index (χ4n) is 1.34. The van der Waals surface area contributed by atoms with E-state index in [9.17, 15) is 4.79 Å². The van der Waals surface area contributed by atoms with Crippen molar-refractivity contribution in [2.45, 2.75) is 0 Å². The Hall–Kier alpha value is -1.56. The van der Waals surface area contributed by atoms with Crippen molar-refractivity contribution in [2.24, 2.45) is 0 Å². The molecule has 0 fully saturated rings. The molecule has 1 N–H and O–H groups in total.